The summed E-state index contributed by atoms with van der Waals surface area (Å²) in [6.45, 7) is 1.95. The first-order valence-electron chi connectivity index (χ1n) is 6.79. The SMILES string of the molecule is Cc1ccc(N)cc1NC(=O)CCSCc1ccccn1.Cl.Cl. The summed E-state index contributed by atoms with van der Waals surface area (Å²) in [4.78, 5) is 16.2. The Bertz CT molecular complexity index is 612. The van der Waals surface area contributed by atoms with E-state index >= 15 is 0 Å². The molecule has 0 radical (unpaired) electrons. The fourth-order valence-corrected chi connectivity index (χ4v) is 2.67. The number of hydrogen-bond acceptors (Lipinski definition) is 4. The van der Waals surface area contributed by atoms with Crippen molar-refractivity contribution in [3.8, 4) is 0 Å². The van der Waals surface area contributed by atoms with Gasteiger partial charge in [-0.05, 0) is 36.8 Å². The van der Waals surface area contributed by atoms with Gasteiger partial charge in [0.2, 0.25) is 5.91 Å². The molecular weight excluding hydrogens is 353 g/mol. The van der Waals surface area contributed by atoms with E-state index in [1.165, 1.54) is 0 Å². The summed E-state index contributed by atoms with van der Waals surface area (Å²) < 4.78 is 0. The fraction of sp³-hybridized carbons (Fsp3) is 0.250. The van der Waals surface area contributed by atoms with Crippen molar-refractivity contribution in [2.24, 2.45) is 0 Å². The molecule has 1 heterocycles. The monoisotopic (exact) mass is 373 g/mol. The van der Waals surface area contributed by atoms with E-state index in [0.717, 1.165) is 28.5 Å². The van der Waals surface area contributed by atoms with E-state index in [2.05, 4.69) is 10.3 Å². The summed E-state index contributed by atoms with van der Waals surface area (Å²) in [5.41, 5.74) is 9.22. The zero-order valence-electron chi connectivity index (χ0n) is 12.8. The molecule has 0 spiro atoms. The average molecular weight is 374 g/mol. The second kappa shape index (κ2) is 11.2. The second-order valence-electron chi connectivity index (χ2n) is 4.75. The van der Waals surface area contributed by atoms with Crippen molar-refractivity contribution in [3.05, 3.63) is 53.9 Å². The Balaban J connectivity index is 0.00000242. The molecule has 0 atom stereocenters. The molecule has 4 nitrogen and oxygen atoms in total. The first-order chi connectivity index (χ1) is 10.1. The summed E-state index contributed by atoms with van der Waals surface area (Å²) in [5, 5.41) is 2.90. The van der Waals surface area contributed by atoms with Gasteiger partial charge in [-0.2, -0.15) is 11.8 Å². The van der Waals surface area contributed by atoms with Gasteiger partial charge in [0.1, 0.15) is 0 Å². The lowest BCUT2D eigenvalue weighted by atomic mass is 10.2. The number of amides is 1. The molecule has 0 aliphatic rings. The van der Waals surface area contributed by atoms with E-state index in [4.69, 9.17) is 5.73 Å². The molecule has 0 saturated carbocycles. The number of aryl methyl sites for hydroxylation is 1. The van der Waals surface area contributed by atoms with Gasteiger partial charge >= 0.3 is 0 Å². The third kappa shape index (κ3) is 7.59. The first kappa shape index (κ1) is 21.6. The van der Waals surface area contributed by atoms with Crippen LogP contribution in [0, 0.1) is 6.92 Å². The third-order valence-corrected chi connectivity index (χ3v) is 3.98. The Hall–Kier alpha value is -1.43. The van der Waals surface area contributed by atoms with Crippen molar-refractivity contribution >= 4 is 53.9 Å². The van der Waals surface area contributed by atoms with Crippen molar-refractivity contribution in [1.29, 1.82) is 0 Å². The van der Waals surface area contributed by atoms with Crippen molar-refractivity contribution in [1.82, 2.24) is 4.98 Å². The van der Waals surface area contributed by atoms with Gasteiger partial charge in [0, 0.05) is 35.5 Å². The molecule has 2 rings (SSSR count). The van der Waals surface area contributed by atoms with E-state index < -0.39 is 0 Å². The number of benzene rings is 1. The molecule has 0 bridgehead atoms. The average Bonchev–Trinajstić information content (AvgIpc) is 2.48. The van der Waals surface area contributed by atoms with Crippen LogP contribution in [0.25, 0.3) is 0 Å². The van der Waals surface area contributed by atoms with Crippen molar-refractivity contribution < 1.29 is 4.79 Å². The summed E-state index contributed by atoms with van der Waals surface area (Å²) in [6.07, 6.45) is 2.26. The van der Waals surface area contributed by atoms with Crippen LogP contribution in [0.15, 0.2) is 42.6 Å². The number of carbonyl (C=O) groups is 1. The number of thioether (sulfide) groups is 1. The number of pyridine rings is 1. The van der Waals surface area contributed by atoms with Crippen molar-refractivity contribution in [3.63, 3.8) is 0 Å². The Morgan fingerprint density at radius 1 is 1.26 bits per heavy atom. The Labute approximate surface area is 153 Å². The lowest BCUT2D eigenvalue weighted by Gasteiger charge is -2.09. The zero-order valence-corrected chi connectivity index (χ0v) is 15.3. The third-order valence-electron chi connectivity index (χ3n) is 2.99. The predicted octanol–water partition coefficient (Wildman–Crippen LogP) is 4.08. The van der Waals surface area contributed by atoms with Gasteiger partial charge in [-0.25, -0.2) is 0 Å². The first-order valence-corrected chi connectivity index (χ1v) is 7.94. The molecule has 1 aromatic heterocycles. The van der Waals surface area contributed by atoms with Crippen molar-refractivity contribution in [2.75, 3.05) is 16.8 Å². The maximum absolute atomic E-state index is 11.9. The highest BCUT2D eigenvalue weighted by Gasteiger charge is 2.05. The molecule has 7 heteroatoms. The number of aromatic nitrogens is 1. The van der Waals surface area contributed by atoms with Crippen LogP contribution in [-0.2, 0) is 10.5 Å². The number of nitrogen functional groups attached to an aromatic ring is 1. The topological polar surface area (TPSA) is 68.0 Å². The Kier molecular flexibility index (Phi) is 10.5. The number of anilines is 2. The maximum Gasteiger partial charge on any atom is 0.225 e. The Morgan fingerprint density at radius 2 is 2.04 bits per heavy atom. The quantitative estimate of drug-likeness (QED) is 0.591. The minimum atomic E-state index is 0. The van der Waals surface area contributed by atoms with Gasteiger partial charge < -0.3 is 11.1 Å². The molecule has 2 aromatic rings. The molecule has 0 saturated heterocycles. The van der Waals surface area contributed by atoms with Crippen LogP contribution in [-0.4, -0.2) is 16.6 Å². The molecule has 126 valence electrons. The number of rotatable bonds is 6. The molecule has 23 heavy (non-hydrogen) atoms. The van der Waals surface area contributed by atoms with Crippen LogP contribution in [0.1, 0.15) is 17.7 Å². The second-order valence-corrected chi connectivity index (χ2v) is 5.85. The number of nitrogens with one attached hydrogen (secondary N) is 1. The summed E-state index contributed by atoms with van der Waals surface area (Å²) in [6, 6.07) is 11.4. The fourth-order valence-electron chi connectivity index (χ4n) is 1.81. The van der Waals surface area contributed by atoms with Crippen LogP contribution in [0.4, 0.5) is 11.4 Å². The standard InChI is InChI=1S/C16H19N3OS.2ClH/c1-12-5-6-13(17)10-15(12)19-16(20)7-9-21-11-14-4-2-3-8-18-14;;/h2-6,8,10H,7,9,11,17H2,1H3,(H,19,20);2*1H. The highest BCUT2D eigenvalue weighted by Crippen LogP contribution is 2.18. The predicted molar refractivity (Wildman–Crippen MR) is 104 cm³/mol. The molecule has 0 aliphatic carbocycles. The molecule has 0 fully saturated rings. The van der Waals surface area contributed by atoms with Crippen LogP contribution in [0.2, 0.25) is 0 Å². The van der Waals surface area contributed by atoms with Crippen molar-refractivity contribution in [2.45, 2.75) is 19.1 Å². The van der Waals surface area contributed by atoms with E-state index in [9.17, 15) is 4.79 Å². The molecule has 1 aromatic carbocycles. The molecule has 0 aliphatic heterocycles. The number of nitrogens with two attached hydrogens (primary N) is 1. The van der Waals surface area contributed by atoms with Gasteiger partial charge in [-0.1, -0.05) is 12.1 Å². The number of carbonyl (C=O) groups excluding carboxylic acids is 1. The summed E-state index contributed by atoms with van der Waals surface area (Å²) in [7, 11) is 0. The number of hydrogen-bond donors (Lipinski definition) is 2. The smallest absolute Gasteiger partial charge is 0.225 e. The lowest BCUT2D eigenvalue weighted by molar-refractivity contribution is -0.115. The Morgan fingerprint density at radius 3 is 2.74 bits per heavy atom. The van der Waals surface area contributed by atoms with Gasteiger partial charge in [-0.15, -0.1) is 24.8 Å². The molecule has 0 unspecified atom stereocenters. The van der Waals surface area contributed by atoms with Crippen LogP contribution < -0.4 is 11.1 Å². The highest BCUT2D eigenvalue weighted by molar-refractivity contribution is 7.98. The highest BCUT2D eigenvalue weighted by atomic mass is 35.5. The maximum atomic E-state index is 11.9. The largest absolute Gasteiger partial charge is 0.399 e. The number of nitrogens with zero attached hydrogens (tertiary/aromatic N) is 1. The number of halogens is 2. The van der Waals surface area contributed by atoms with Gasteiger partial charge in [-0.3, -0.25) is 9.78 Å². The molecule has 3 N–H and O–H groups in total. The minimum Gasteiger partial charge on any atom is -0.399 e. The van der Waals surface area contributed by atoms with E-state index in [1.54, 1.807) is 24.0 Å². The minimum absolute atomic E-state index is 0. The summed E-state index contributed by atoms with van der Waals surface area (Å²) in [5.74, 6) is 1.60. The van der Waals surface area contributed by atoms with E-state index in [-0.39, 0.29) is 30.7 Å². The van der Waals surface area contributed by atoms with E-state index in [1.807, 2.05) is 37.3 Å². The van der Waals surface area contributed by atoms with E-state index in [0.29, 0.717) is 12.1 Å². The zero-order chi connectivity index (χ0) is 15.1. The van der Waals surface area contributed by atoms with Crippen LogP contribution >= 0.6 is 36.6 Å². The molecule has 1 amide bonds. The van der Waals surface area contributed by atoms with Gasteiger partial charge in [0.25, 0.3) is 0 Å². The normalized spacial score (nSPS) is 9.43. The van der Waals surface area contributed by atoms with Crippen LogP contribution in [0.5, 0.6) is 0 Å². The summed E-state index contributed by atoms with van der Waals surface area (Å²) >= 11 is 1.70. The van der Waals surface area contributed by atoms with Crippen LogP contribution in [0.3, 0.4) is 0 Å². The lowest BCUT2D eigenvalue weighted by Crippen LogP contribution is -2.13. The molecular formula is C16H21Cl2N3OS. The van der Waals surface area contributed by atoms with Gasteiger partial charge in [0.15, 0.2) is 0 Å². The van der Waals surface area contributed by atoms with Gasteiger partial charge in [0.05, 0.1) is 5.69 Å².